The summed E-state index contributed by atoms with van der Waals surface area (Å²) < 4.78 is 24.1. The van der Waals surface area contributed by atoms with E-state index in [2.05, 4.69) is 20.3 Å². The van der Waals surface area contributed by atoms with Crippen molar-refractivity contribution in [1.82, 2.24) is 20.2 Å². The van der Waals surface area contributed by atoms with E-state index in [0.717, 1.165) is 22.2 Å². The number of thiazole rings is 1. The largest absolute Gasteiger partial charge is 0.439 e. The summed E-state index contributed by atoms with van der Waals surface area (Å²) in [5.41, 5.74) is 1.94. The summed E-state index contributed by atoms with van der Waals surface area (Å²) in [6.07, 6.45) is 1.66. The van der Waals surface area contributed by atoms with Gasteiger partial charge in [0.1, 0.15) is 22.7 Å². The van der Waals surface area contributed by atoms with Crippen LogP contribution in [0.4, 0.5) is 4.39 Å². The monoisotopic (exact) mass is 571 g/mol. The second kappa shape index (κ2) is 12.7. The molecule has 32 heavy (non-hydrogen) atoms. The van der Waals surface area contributed by atoms with Crippen molar-refractivity contribution in [2.24, 2.45) is 4.99 Å². The molecule has 0 saturated heterocycles. The van der Waals surface area contributed by atoms with Crippen LogP contribution in [-0.4, -0.2) is 42.0 Å². The zero-order chi connectivity index (χ0) is 22.2. The van der Waals surface area contributed by atoms with Crippen LogP contribution in [0.1, 0.15) is 29.3 Å². The molecule has 1 atom stereocenters. The minimum absolute atomic E-state index is 0. The molecule has 3 aromatic rings. The summed E-state index contributed by atoms with van der Waals surface area (Å²) in [4.78, 5) is 15.2. The number of ether oxygens (including phenoxy) is 2. The Morgan fingerprint density at radius 1 is 1.28 bits per heavy atom. The van der Waals surface area contributed by atoms with Crippen molar-refractivity contribution in [1.29, 1.82) is 0 Å². The van der Waals surface area contributed by atoms with Gasteiger partial charge in [0.15, 0.2) is 5.96 Å². The second-order valence-corrected chi connectivity index (χ2v) is 7.76. The first-order valence-corrected chi connectivity index (χ1v) is 10.6. The number of nitrogens with zero attached hydrogens (tertiary/aromatic N) is 4. The maximum atomic E-state index is 13.1. The van der Waals surface area contributed by atoms with E-state index in [1.54, 1.807) is 43.8 Å². The van der Waals surface area contributed by atoms with Gasteiger partial charge in [-0.3, -0.25) is 4.99 Å². The first-order valence-electron chi connectivity index (χ1n) is 9.75. The van der Waals surface area contributed by atoms with Gasteiger partial charge in [-0.2, -0.15) is 0 Å². The maximum absolute atomic E-state index is 13.1. The molecule has 0 spiro atoms. The first-order chi connectivity index (χ1) is 15.0. The number of hydrogen-bond donors (Lipinski definition) is 1. The lowest BCUT2D eigenvalue weighted by Crippen LogP contribution is -2.38. The molecular formula is C22H27FIN5O2S. The number of aliphatic imine (C=N–C) groups is 1. The van der Waals surface area contributed by atoms with Gasteiger partial charge in [-0.25, -0.2) is 14.4 Å². The summed E-state index contributed by atoms with van der Waals surface area (Å²) in [6, 6.07) is 9.56. The first kappa shape index (κ1) is 25.9. The number of rotatable bonds is 8. The van der Waals surface area contributed by atoms with Gasteiger partial charge in [-0.05, 0) is 42.8 Å². The molecule has 0 amide bonds. The molecule has 1 N–H and O–H groups in total. The van der Waals surface area contributed by atoms with Crippen molar-refractivity contribution >= 4 is 41.3 Å². The normalized spacial score (nSPS) is 12.1. The van der Waals surface area contributed by atoms with Crippen molar-refractivity contribution in [3.05, 3.63) is 70.1 Å². The van der Waals surface area contributed by atoms with Gasteiger partial charge in [-0.15, -0.1) is 35.3 Å². The molecule has 10 heteroatoms. The highest BCUT2D eigenvalue weighted by atomic mass is 127. The van der Waals surface area contributed by atoms with Gasteiger partial charge >= 0.3 is 0 Å². The Bertz CT molecular complexity index is 1020. The third-order valence-corrected chi connectivity index (χ3v) is 5.58. The summed E-state index contributed by atoms with van der Waals surface area (Å²) in [7, 11) is 5.39. The summed E-state index contributed by atoms with van der Waals surface area (Å²) >= 11 is 1.59. The number of hydrogen-bond acceptors (Lipinski definition) is 6. The Kier molecular flexibility index (Phi) is 10.3. The maximum Gasteiger partial charge on any atom is 0.219 e. The predicted molar refractivity (Wildman–Crippen MR) is 135 cm³/mol. The Morgan fingerprint density at radius 3 is 2.72 bits per heavy atom. The molecule has 2 heterocycles. The van der Waals surface area contributed by atoms with Crippen LogP contribution in [0.15, 0.2) is 53.0 Å². The van der Waals surface area contributed by atoms with Crippen molar-refractivity contribution in [3.63, 3.8) is 0 Å². The minimum atomic E-state index is -0.309. The molecule has 7 nitrogen and oxygen atoms in total. The van der Waals surface area contributed by atoms with E-state index in [1.807, 2.05) is 36.4 Å². The highest BCUT2D eigenvalue weighted by Crippen LogP contribution is 2.22. The van der Waals surface area contributed by atoms with Gasteiger partial charge in [0.2, 0.25) is 5.88 Å². The van der Waals surface area contributed by atoms with Crippen molar-refractivity contribution < 1.29 is 13.9 Å². The van der Waals surface area contributed by atoms with E-state index in [0.29, 0.717) is 24.7 Å². The van der Waals surface area contributed by atoms with E-state index in [1.165, 1.54) is 12.1 Å². The molecule has 0 bridgehead atoms. The highest BCUT2D eigenvalue weighted by Gasteiger charge is 2.13. The van der Waals surface area contributed by atoms with Gasteiger partial charge in [-0.1, -0.05) is 0 Å². The average molecular weight is 571 g/mol. The number of guanidine groups is 1. The van der Waals surface area contributed by atoms with Crippen LogP contribution in [0.3, 0.4) is 0 Å². The SMILES string of the molecule is CN=C(NCc1ccnc(Oc2ccc(F)cc2)c1)N(C)Cc1csc(C(C)OC)n1.I. The van der Waals surface area contributed by atoms with Crippen LogP contribution >= 0.6 is 35.3 Å². The minimum Gasteiger partial charge on any atom is -0.439 e. The summed E-state index contributed by atoms with van der Waals surface area (Å²) in [5, 5.41) is 6.33. The number of halogens is 2. The second-order valence-electron chi connectivity index (χ2n) is 6.87. The van der Waals surface area contributed by atoms with Crippen LogP contribution in [0.2, 0.25) is 0 Å². The van der Waals surface area contributed by atoms with E-state index in [9.17, 15) is 4.39 Å². The molecule has 0 aliphatic heterocycles. The molecule has 1 unspecified atom stereocenters. The Hall–Kier alpha value is -2.31. The molecule has 1 aromatic carbocycles. The number of pyridine rings is 1. The number of benzene rings is 1. The molecular weight excluding hydrogens is 544 g/mol. The average Bonchev–Trinajstić information content (AvgIpc) is 3.24. The van der Waals surface area contributed by atoms with Crippen LogP contribution in [0, 0.1) is 5.82 Å². The fourth-order valence-electron chi connectivity index (χ4n) is 2.81. The van der Waals surface area contributed by atoms with Crippen LogP contribution in [0.5, 0.6) is 11.6 Å². The van der Waals surface area contributed by atoms with Crippen molar-refractivity contribution in [2.75, 3.05) is 21.2 Å². The van der Waals surface area contributed by atoms with Crippen molar-refractivity contribution in [3.8, 4) is 11.6 Å². The number of methoxy groups -OCH3 is 1. The van der Waals surface area contributed by atoms with Gasteiger partial charge in [0.25, 0.3) is 0 Å². The molecule has 0 fully saturated rings. The highest BCUT2D eigenvalue weighted by molar-refractivity contribution is 14.0. The molecule has 172 valence electrons. The third kappa shape index (κ3) is 7.38. The van der Waals surface area contributed by atoms with E-state index in [-0.39, 0.29) is 35.9 Å². The van der Waals surface area contributed by atoms with Gasteiger partial charge in [0.05, 0.1) is 12.2 Å². The fraction of sp³-hybridized carbons (Fsp3) is 0.318. The van der Waals surface area contributed by atoms with Crippen molar-refractivity contribution in [2.45, 2.75) is 26.1 Å². The third-order valence-electron chi connectivity index (χ3n) is 4.53. The van der Waals surface area contributed by atoms with E-state index >= 15 is 0 Å². The van der Waals surface area contributed by atoms with Crippen LogP contribution < -0.4 is 10.1 Å². The zero-order valence-electron chi connectivity index (χ0n) is 18.4. The molecule has 0 aliphatic rings. The number of aromatic nitrogens is 2. The number of nitrogens with one attached hydrogen (secondary N) is 1. The molecule has 3 rings (SSSR count). The van der Waals surface area contributed by atoms with E-state index in [4.69, 9.17) is 9.47 Å². The Labute approximate surface area is 208 Å². The lowest BCUT2D eigenvalue weighted by atomic mass is 10.2. The standard InChI is InChI=1S/C22H26FN5O2S.HI/c1-15(29-4)21-27-18(14-31-21)13-28(3)22(24-2)26-12-16-9-10-25-20(11-16)30-19-7-5-17(23)6-8-19;/h5-11,14-15H,12-13H2,1-4H3,(H,24,26);1H. The quantitative estimate of drug-likeness (QED) is 0.233. The molecule has 0 aliphatic carbocycles. The zero-order valence-corrected chi connectivity index (χ0v) is 21.6. The summed E-state index contributed by atoms with van der Waals surface area (Å²) in [6.45, 7) is 3.15. The van der Waals surface area contributed by atoms with Crippen LogP contribution in [-0.2, 0) is 17.8 Å². The smallest absolute Gasteiger partial charge is 0.219 e. The Morgan fingerprint density at radius 2 is 2.03 bits per heavy atom. The molecule has 0 radical (unpaired) electrons. The Balaban J connectivity index is 0.00000363. The molecule has 2 aromatic heterocycles. The lowest BCUT2D eigenvalue weighted by molar-refractivity contribution is 0.119. The van der Waals surface area contributed by atoms with Gasteiger partial charge in [0, 0.05) is 45.4 Å². The lowest BCUT2D eigenvalue weighted by Gasteiger charge is -2.21. The fourth-order valence-corrected chi connectivity index (χ4v) is 3.65. The van der Waals surface area contributed by atoms with Gasteiger partial charge < -0.3 is 19.7 Å². The van der Waals surface area contributed by atoms with E-state index < -0.39 is 0 Å². The molecule has 0 saturated carbocycles. The topological polar surface area (TPSA) is 71.9 Å². The predicted octanol–water partition coefficient (Wildman–Crippen LogP) is 5.00. The van der Waals surface area contributed by atoms with Crippen LogP contribution in [0.25, 0.3) is 0 Å². The summed E-state index contributed by atoms with van der Waals surface area (Å²) in [5.74, 6) is 1.40.